The first kappa shape index (κ1) is 14.3. The summed E-state index contributed by atoms with van der Waals surface area (Å²) >= 11 is 3.50. The third kappa shape index (κ3) is 2.87. The van der Waals surface area contributed by atoms with Crippen LogP contribution in [0, 0.1) is 0 Å². The monoisotopic (exact) mass is 344 g/mol. The molecular weight excluding hydrogens is 328 g/mol. The highest BCUT2D eigenvalue weighted by Crippen LogP contribution is 2.32. The van der Waals surface area contributed by atoms with Crippen LogP contribution in [0.4, 0.5) is 0 Å². The Morgan fingerprint density at radius 1 is 1.19 bits per heavy atom. The molecule has 0 aliphatic rings. The number of rotatable bonds is 5. The SMILES string of the molecule is CCCNC(c1ccoc1Br)c1cccc2ncccc12. The molecule has 3 nitrogen and oxygen atoms in total. The van der Waals surface area contributed by atoms with Gasteiger partial charge in [0.1, 0.15) is 0 Å². The van der Waals surface area contributed by atoms with Crippen molar-refractivity contribution in [2.45, 2.75) is 19.4 Å². The molecule has 0 radical (unpaired) electrons. The summed E-state index contributed by atoms with van der Waals surface area (Å²) in [6.45, 7) is 3.11. The van der Waals surface area contributed by atoms with Crippen LogP contribution >= 0.6 is 15.9 Å². The Hall–Kier alpha value is -1.65. The van der Waals surface area contributed by atoms with Gasteiger partial charge >= 0.3 is 0 Å². The van der Waals surface area contributed by atoms with Crippen molar-refractivity contribution in [3.63, 3.8) is 0 Å². The van der Waals surface area contributed by atoms with E-state index in [4.69, 9.17) is 4.42 Å². The van der Waals surface area contributed by atoms with E-state index in [-0.39, 0.29) is 6.04 Å². The maximum absolute atomic E-state index is 5.42. The van der Waals surface area contributed by atoms with Crippen molar-refractivity contribution in [3.8, 4) is 0 Å². The van der Waals surface area contributed by atoms with E-state index in [2.05, 4.69) is 51.4 Å². The Labute approximate surface area is 132 Å². The number of hydrogen-bond acceptors (Lipinski definition) is 3. The van der Waals surface area contributed by atoms with Gasteiger partial charge in [-0.2, -0.15) is 0 Å². The zero-order valence-corrected chi connectivity index (χ0v) is 13.4. The molecule has 2 aromatic heterocycles. The van der Waals surface area contributed by atoms with Crippen LogP contribution in [0.25, 0.3) is 10.9 Å². The third-order valence-electron chi connectivity index (χ3n) is 3.55. The molecule has 21 heavy (non-hydrogen) atoms. The van der Waals surface area contributed by atoms with E-state index in [1.165, 1.54) is 10.9 Å². The van der Waals surface area contributed by atoms with E-state index in [0.29, 0.717) is 0 Å². The molecule has 0 saturated carbocycles. The first-order valence-electron chi connectivity index (χ1n) is 7.11. The largest absolute Gasteiger partial charge is 0.457 e. The predicted molar refractivity (Wildman–Crippen MR) is 88.3 cm³/mol. The molecule has 0 saturated heterocycles. The summed E-state index contributed by atoms with van der Waals surface area (Å²) in [4.78, 5) is 4.45. The zero-order chi connectivity index (χ0) is 14.7. The zero-order valence-electron chi connectivity index (χ0n) is 11.8. The van der Waals surface area contributed by atoms with Crippen LogP contribution in [-0.4, -0.2) is 11.5 Å². The smallest absolute Gasteiger partial charge is 0.174 e. The lowest BCUT2D eigenvalue weighted by Gasteiger charge is -2.20. The third-order valence-corrected chi connectivity index (χ3v) is 4.19. The molecule has 108 valence electrons. The Kier molecular flexibility index (Phi) is 4.36. The van der Waals surface area contributed by atoms with Crippen LogP contribution in [0.5, 0.6) is 0 Å². The van der Waals surface area contributed by atoms with Crippen molar-refractivity contribution in [2.75, 3.05) is 6.54 Å². The summed E-state index contributed by atoms with van der Waals surface area (Å²) in [5.41, 5.74) is 3.34. The maximum Gasteiger partial charge on any atom is 0.174 e. The second kappa shape index (κ2) is 6.41. The van der Waals surface area contributed by atoms with Crippen LogP contribution in [0.3, 0.4) is 0 Å². The molecule has 0 aliphatic carbocycles. The molecule has 1 aromatic carbocycles. The van der Waals surface area contributed by atoms with Gasteiger partial charge in [0, 0.05) is 17.1 Å². The number of halogens is 1. The van der Waals surface area contributed by atoms with E-state index in [9.17, 15) is 0 Å². The average Bonchev–Trinajstić information content (AvgIpc) is 2.94. The highest BCUT2D eigenvalue weighted by atomic mass is 79.9. The van der Waals surface area contributed by atoms with Gasteiger partial charge in [-0.25, -0.2) is 0 Å². The Morgan fingerprint density at radius 3 is 2.86 bits per heavy atom. The van der Waals surface area contributed by atoms with Crippen molar-refractivity contribution < 1.29 is 4.42 Å². The Balaban J connectivity index is 2.12. The minimum atomic E-state index is 0.0889. The van der Waals surface area contributed by atoms with Gasteiger partial charge < -0.3 is 9.73 Å². The van der Waals surface area contributed by atoms with Gasteiger partial charge in [-0.3, -0.25) is 4.98 Å². The average molecular weight is 345 g/mol. The maximum atomic E-state index is 5.42. The van der Waals surface area contributed by atoms with Crippen LogP contribution in [0.2, 0.25) is 0 Å². The summed E-state index contributed by atoms with van der Waals surface area (Å²) < 4.78 is 6.20. The summed E-state index contributed by atoms with van der Waals surface area (Å²) in [5.74, 6) is 0. The quantitative estimate of drug-likeness (QED) is 0.730. The van der Waals surface area contributed by atoms with Crippen LogP contribution in [-0.2, 0) is 0 Å². The number of furan rings is 1. The van der Waals surface area contributed by atoms with Crippen molar-refractivity contribution in [1.29, 1.82) is 0 Å². The molecule has 3 aromatic rings. The molecule has 1 unspecified atom stereocenters. The first-order chi connectivity index (χ1) is 10.3. The van der Waals surface area contributed by atoms with Gasteiger partial charge in [-0.1, -0.05) is 25.1 Å². The van der Waals surface area contributed by atoms with E-state index < -0.39 is 0 Å². The van der Waals surface area contributed by atoms with Gasteiger partial charge in [0.15, 0.2) is 4.67 Å². The van der Waals surface area contributed by atoms with Crippen molar-refractivity contribution in [1.82, 2.24) is 10.3 Å². The van der Waals surface area contributed by atoms with E-state index >= 15 is 0 Å². The lowest BCUT2D eigenvalue weighted by atomic mass is 9.97. The molecule has 1 N–H and O–H groups in total. The fraction of sp³-hybridized carbons (Fsp3) is 0.235. The van der Waals surface area contributed by atoms with E-state index in [1.807, 2.05) is 24.4 Å². The highest BCUT2D eigenvalue weighted by molar-refractivity contribution is 9.10. The number of fused-ring (bicyclic) bond motifs is 1. The van der Waals surface area contributed by atoms with Crippen LogP contribution < -0.4 is 5.32 Å². The summed E-state index contributed by atoms with van der Waals surface area (Å²) in [5, 5.41) is 4.77. The normalized spacial score (nSPS) is 12.7. The minimum Gasteiger partial charge on any atom is -0.457 e. The molecule has 0 bridgehead atoms. The summed E-state index contributed by atoms with van der Waals surface area (Å²) in [6, 6.07) is 12.4. The molecule has 2 heterocycles. The number of nitrogens with zero attached hydrogens (tertiary/aromatic N) is 1. The molecule has 1 atom stereocenters. The minimum absolute atomic E-state index is 0.0889. The Morgan fingerprint density at radius 2 is 2.10 bits per heavy atom. The number of aromatic nitrogens is 1. The molecule has 0 spiro atoms. The van der Waals surface area contributed by atoms with Gasteiger partial charge in [0.25, 0.3) is 0 Å². The lowest BCUT2D eigenvalue weighted by molar-refractivity contribution is 0.524. The molecule has 4 heteroatoms. The van der Waals surface area contributed by atoms with Gasteiger partial charge in [-0.15, -0.1) is 0 Å². The van der Waals surface area contributed by atoms with Gasteiger partial charge in [0.2, 0.25) is 0 Å². The fourth-order valence-electron chi connectivity index (χ4n) is 2.57. The molecule has 3 rings (SSSR count). The lowest BCUT2D eigenvalue weighted by Crippen LogP contribution is -2.23. The topological polar surface area (TPSA) is 38.1 Å². The molecule has 0 amide bonds. The summed E-state index contributed by atoms with van der Waals surface area (Å²) in [6.07, 6.45) is 4.62. The van der Waals surface area contributed by atoms with Gasteiger partial charge in [0.05, 0.1) is 17.8 Å². The second-order valence-corrected chi connectivity index (χ2v) is 5.67. The van der Waals surface area contributed by atoms with E-state index in [0.717, 1.165) is 28.7 Å². The van der Waals surface area contributed by atoms with Crippen LogP contribution in [0.1, 0.15) is 30.5 Å². The Bertz CT molecular complexity index is 733. The number of benzene rings is 1. The molecule has 0 aliphatic heterocycles. The predicted octanol–water partition coefficient (Wildman–Crippen LogP) is 4.68. The first-order valence-corrected chi connectivity index (χ1v) is 7.90. The number of hydrogen-bond donors (Lipinski definition) is 1. The van der Waals surface area contributed by atoms with Gasteiger partial charge in [-0.05, 0) is 52.7 Å². The van der Waals surface area contributed by atoms with Crippen molar-refractivity contribution >= 4 is 26.8 Å². The number of nitrogens with one attached hydrogen (secondary N) is 1. The molecular formula is C17H17BrN2O. The number of pyridine rings is 1. The second-order valence-electron chi connectivity index (χ2n) is 4.95. The van der Waals surface area contributed by atoms with Crippen molar-refractivity contribution in [2.24, 2.45) is 0 Å². The highest BCUT2D eigenvalue weighted by Gasteiger charge is 2.20. The standard InChI is InChI=1S/C17H17BrN2O/c1-2-9-20-16(14-8-11-21-17(14)18)13-5-3-7-15-12(13)6-4-10-19-15/h3-8,10-11,16,20H,2,9H2,1H3. The van der Waals surface area contributed by atoms with E-state index in [1.54, 1.807) is 6.26 Å². The fourth-order valence-corrected chi connectivity index (χ4v) is 3.03. The molecule has 0 fully saturated rings. The van der Waals surface area contributed by atoms with Crippen molar-refractivity contribution in [3.05, 3.63) is 64.7 Å². The summed E-state index contributed by atoms with van der Waals surface area (Å²) in [7, 11) is 0. The van der Waals surface area contributed by atoms with Crippen LogP contribution in [0.15, 0.2) is 57.9 Å².